The molecule has 1 aromatic heterocycles. The maximum absolute atomic E-state index is 5.51. The van der Waals surface area contributed by atoms with E-state index in [2.05, 4.69) is 5.16 Å². The Morgan fingerprint density at radius 2 is 1.67 bits per heavy atom. The van der Waals surface area contributed by atoms with Gasteiger partial charge in [0, 0.05) is 12.5 Å². The molecular formula is C16H21NO4. The van der Waals surface area contributed by atoms with E-state index in [0.717, 1.165) is 23.6 Å². The lowest BCUT2D eigenvalue weighted by Gasteiger charge is -2.07. The number of para-hydroxylation sites is 1. The average molecular weight is 291 g/mol. The first-order valence-electron chi connectivity index (χ1n) is 7.10. The lowest BCUT2D eigenvalue weighted by atomic mass is 10.3. The highest BCUT2D eigenvalue weighted by molar-refractivity contribution is 5.20. The summed E-state index contributed by atoms with van der Waals surface area (Å²) in [6.45, 7) is 4.74. The number of nitrogens with zero attached hydrogens (tertiary/aromatic N) is 1. The van der Waals surface area contributed by atoms with Gasteiger partial charge in [-0.25, -0.2) is 0 Å². The molecule has 0 aliphatic heterocycles. The molecule has 1 aromatic carbocycles. The molecule has 0 atom stereocenters. The first-order valence-corrected chi connectivity index (χ1v) is 7.10. The standard InChI is InChI=1S/C16H21NO4/c1-14-13-15(17-21-14)7-8-18-9-10-19-11-12-20-16-5-3-2-4-6-16/h2-6,13H,7-12H2,1H3. The molecule has 5 nitrogen and oxygen atoms in total. The normalized spacial score (nSPS) is 10.7. The van der Waals surface area contributed by atoms with Gasteiger partial charge in [0.15, 0.2) is 0 Å². The van der Waals surface area contributed by atoms with Crippen LogP contribution in [0.3, 0.4) is 0 Å². The van der Waals surface area contributed by atoms with Crippen LogP contribution in [0.5, 0.6) is 5.75 Å². The summed E-state index contributed by atoms with van der Waals surface area (Å²) in [5.41, 5.74) is 0.921. The van der Waals surface area contributed by atoms with Crippen LogP contribution in [0.4, 0.5) is 0 Å². The van der Waals surface area contributed by atoms with Crippen LogP contribution in [0, 0.1) is 6.92 Å². The summed E-state index contributed by atoms with van der Waals surface area (Å²) < 4.78 is 21.4. The molecule has 0 saturated heterocycles. The molecule has 2 rings (SSSR count). The van der Waals surface area contributed by atoms with Crippen LogP contribution >= 0.6 is 0 Å². The molecule has 114 valence electrons. The number of aromatic nitrogens is 1. The Kier molecular flexibility index (Phi) is 6.77. The van der Waals surface area contributed by atoms with E-state index in [1.807, 2.05) is 43.3 Å². The van der Waals surface area contributed by atoms with Crippen molar-refractivity contribution in [2.24, 2.45) is 0 Å². The van der Waals surface area contributed by atoms with Crippen LogP contribution in [0.25, 0.3) is 0 Å². The maximum Gasteiger partial charge on any atom is 0.133 e. The number of benzene rings is 1. The number of ether oxygens (including phenoxy) is 3. The molecule has 21 heavy (non-hydrogen) atoms. The predicted molar refractivity (Wildman–Crippen MR) is 78.5 cm³/mol. The minimum Gasteiger partial charge on any atom is -0.491 e. The zero-order chi connectivity index (χ0) is 14.8. The second kappa shape index (κ2) is 9.15. The van der Waals surface area contributed by atoms with Crippen LogP contribution in [0.15, 0.2) is 40.9 Å². The third-order valence-electron chi connectivity index (χ3n) is 2.79. The monoisotopic (exact) mass is 291 g/mol. The molecule has 0 aliphatic rings. The number of aryl methyl sites for hydroxylation is 1. The fourth-order valence-corrected chi connectivity index (χ4v) is 1.77. The lowest BCUT2D eigenvalue weighted by Crippen LogP contribution is -2.11. The van der Waals surface area contributed by atoms with Crippen molar-refractivity contribution in [2.45, 2.75) is 13.3 Å². The summed E-state index contributed by atoms with van der Waals surface area (Å²) in [5.74, 6) is 1.69. The van der Waals surface area contributed by atoms with Crippen molar-refractivity contribution in [1.82, 2.24) is 5.16 Å². The Morgan fingerprint density at radius 1 is 0.952 bits per heavy atom. The first-order chi connectivity index (χ1) is 10.3. The third kappa shape index (κ3) is 6.42. The highest BCUT2D eigenvalue weighted by Gasteiger charge is 1.99. The van der Waals surface area contributed by atoms with Crippen LogP contribution in [0.2, 0.25) is 0 Å². The van der Waals surface area contributed by atoms with Gasteiger partial charge in [0.05, 0.1) is 32.1 Å². The molecule has 0 aliphatic carbocycles. The second-order valence-electron chi connectivity index (χ2n) is 4.57. The fourth-order valence-electron chi connectivity index (χ4n) is 1.77. The quantitative estimate of drug-likeness (QED) is 0.630. The largest absolute Gasteiger partial charge is 0.491 e. The molecule has 0 N–H and O–H groups in total. The summed E-state index contributed by atoms with van der Waals surface area (Å²) in [6.07, 6.45) is 0.758. The number of rotatable bonds is 10. The van der Waals surface area contributed by atoms with Crippen molar-refractivity contribution < 1.29 is 18.7 Å². The van der Waals surface area contributed by atoms with Crippen molar-refractivity contribution in [3.8, 4) is 5.75 Å². The smallest absolute Gasteiger partial charge is 0.133 e. The van der Waals surface area contributed by atoms with Crippen LogP contribution < -0.4 is 4.74 Å². The fraction of sp³-hybridized carbons (Fsp3) is 0.438. The molecule has 0 unspecified atom stereocenters. The summed E-state index contributed by atoms with van der Waals surface area (Å²) in [4.78, 5) is 0. The van der Waals surface area contributed by atoms with Gasteiger partial charge in [0.1, 0.15) is 18.1 Å². The molecule has 5 heteroatoms. The van der Waals surface area contributed by atoms with Crippen molar-refractivity contribution in [2.75, 3.05) is 33.0 Å². The van der Waals surface area contributed by atoms with E-state index in [9.17, 15) is 0 Å². The third-order valence-corrected chi connectivity index (χ3v) is 2.79. The zero-order valence-corrected chi connectivity index (χ0v) is 12.3. The van der Waals surface area contributed by atoms with Crippen LogP contribution in [-0.4, -0.2) is 38.2 Å². The highest BCUT2D eigenvalue weighted by atomic mass is 16.5. The van der Waals surface area contributed by atoms with E-state index in [0.29, 0.717) is 33.0 Å². The average Bonchev–Trinajstić information content (AvgIpc) is 2.92. The molecule has 0 spiro atoms. The Morgan fingerprint density at radius 3 is 2.38 bits per heavy atom. The molecule has 0 radical (unpaired) electrons. The van der Waals surface area contributed by atoms with Crippen molar-refractivity contribution >= 4 is 0 Å². The van der Waals surface area contributed by atoms with Gasteiger partial charge in [-0.1, -0.05) is 23.4 Å². The van der Waals surface area contributed by atoms with Crippen molar-refractivity contribution in [3.63, 3.8) is 0 Å². The topological polar surface area (TPSA) is 53.7 Å². The van der Waals surface area contributed by atoms with Gasteiger partial charge in [-0.05, 0) is 19.1 Å². The molecular weight excluding hydrogens is 270 g/mol. The Hall–Kier alpha value is -1.85. The molecule has 0 amide bonds. The Labute approximate surface area is 124 Å². The Balaban J connectivity index is 1.40. The highest BCUT2D eigenvalue weighted by Crippen LogP contribution is 2.07. The van der Waals surface area contributed by atoms with Gasteiger partial charge in [-0.2, -0.15) is 0 Å². The van der Waals surface area contributed by atoms with Gasteiger partial charge < -0.3 is 18.7 Å². The molecule has 0 saturated carbocycles. The van der Waals surface area contributed by atoms with E-state index >= 15 is 0 Å². The Bertz CT molecular complexity index is 498. The summed E-state index contributed by atoms with van der Waals surface area (Å²) in [6, 6.07) is 11.6. The van der Waals surface area contributed by atoms with Gasteiger partial charge in [0.2, 0.25) is 0 Å². The van der Waals surface area contributed by atoms with Crippen LogP contribution in [-0.2, 0) is 15.9 Å². The van der Waals surface area contributed by atoms with E-state index in [1.165, 1.54) is 0 Å². The maximum atomic E-state index is 5.51. The second-order valence-corrected chi connectivity index (χ2v) is 4.57. The van der Waals surface area contributed by atoms with Gasteiger partial charge in [-0.3, -0.25) is 0 Å². The van der Waals surface area contributed by atoms with Crippen molar-refractivity contribution in [3.05, 3.63) is 47.9 Å². The van der Waals surface area contributed by atoms with Crippen LogP contribution in [0.1, 0.15) is 11.5 Å². The lowest BCUT2D eigenvalue weighted by molar-refractivity contribution is 0.0370. The van der Waals surface area contributed by atoms with E-state index in [1.54, 1.807) is 0 Å². The molecule has 1 heterocycles. The minimum absolute atomic E-state index is 0.544. The zero-order valence-electron chi connectivity index (χ0n) is 12.3. The van der Waals surface area contributed by atoms with E-state index < -0.39 is 0 Å². The van der Waals surface area contributed by atoms with Gasteiger partial charge in [0.25, 0.3) is 0 Å². The summed E-state index contributed by atoms with van der Waals surface area (Å²) in [7, 11) is 0. The van der Waals surface area contributed by atoms with E-state index in [-0.39, 0.29) is 0 Å². The minimum atomic E-state index is 0.544. The predicted octanol–water partition coefficient (Wildman–Crippen LogP) is 2.64. The molecule has 2 aromatic rings. The van der Waals surface area contributed by atoms with E-state index in [4.69, 9.17) is 18.7 Å². The van der Waals surface area contributed by atoms with Gasteiger partial charge in [-0.15, -0.1) is 0 Å². The first kappa shape index (κ1) is 15.5. The molecule has 0 fully saturated rings. The summed E-state index contributed by atoms with van der Waals surface area (Å²) >= 11 is 0. The SMILES string of the molecule is Cc1cc(CCOCCOCCOc2ccccc2)no1. The van der Waals surface area contributed by atoms with Crippen molar-refractivity contribution in [1.29, 1.82) is 0 Å². The summed E-state index contributed by atoms with van der Waals surface area (Å²) in [5, 5.41) is 3.90. The van der Waals surface area contributed by atoms with Gasteiger partial charge >= 0.3 is 0 Å². The molecule has 0 bridgehead atoms. The number of hydrogen-bond acceptors (Lipinski definition) is 5. The number of hydrogen-bond donors (Lipinski definition) is 0.